The molecule has 5 heteroatoms. The molecule has 1 atom stereocenters. The Hall–Kier alpha value is -1.52. The number of halogens is 1. The number of carbonyl (C=O) groups is 1. The Morgan fingerprint density at radius 1 is 1.59 bits per heavy atom. The van der Waals surface area contributed by atoms with Crippen molar-refractivity contribution in [3.63, 3.8) is 0 Å². The van der Waals surface area contributed by atoms with Gasteiger partial charge in [-0.05, 0) is 37.5 Å². The van der Waals surface area contributed by atoms with Crippen molar-refractivity contribution in [2.45, 2.75) is 19.3 Å². The molecular weight excluding hydrogens is 302 g/mol. The molecule has 1 aliphatic rings. The van der Waals surface area contributed by atoms with Gasteiger partial charge in [-0.1, -0.05) is 17.7 Å². The molecule has 0 spiro atoms. The van der Waals surface area contributed by atoms with Crippen molar-refractivity contribution in [1.82, 2.24) is 4.90 Å². The predicted molar refractivity (Wildman–Crippen MR) is 87.5 cm³/mol. The van der Waals surface area contributed by atoms with E-state index < -0.39 is 0 Å². The lowest BCUT2D eigenvalue weighted by molar-refractivity contribution is 0.0283. The number of likely N-dealkylation sites (tertiary alicyclic amines) is 1. The normalized spacial score (nSPS) is 21.5. The van der Waals surface area contributed by atoms with Crippen LogP contribution in [0.4, 0.5) is 0 Å². The second kappa shape index (κ2) is 7.16. The van der Waals surface area contributed by atoms with Crippen LogP contribution in [0.2, 0.25) is 5.02 Å². The minimum atomic E-state index is -0.282. The van der Waals surface area contributed by atoms with E-state index in [0.29, 0.717) is 35.8 Å². The third-order valence-electron chi connectivity index (χ3n) is 4.26. The molecule has 1 saturated heterocycles. The van der Waals surface area contributed by atoms with Crippen LogP contribution in [0.25, 0.3) is 0 Å². The first-order valence-electron chi connectivity index (χ1n) is 7.40. The molecule has 1 fully saturated rings. The van der Waals surface area contributed by atoms with E-state index in [1.54, 1.807) is 23.1 Å². The van der Waals surface area contributed by atoms with Crippen LogP contribution in [0.1, 0.15) is 29.6 Å². The minimum absolute atomic E-state index is 0.0561. The van der Waals surface area contributed by atoms with Gasteiger partial charge in [-0.3, -0.25) is 4.79 Å². The van der Waals surface area contributed by atoms with E-state index in [1.807, 2.05) is 6.08 Å². The predicted octanol–water partition coefficient (Wildman–Crippen LogP) is 3.14. The van der Waals surface area contributed by atoms with Crippen molar-refractivity contribution in [2.24, 2.45) is 5.41 Å². The number of methoxy groups -OCH3 is 1. The number of piperidine rings is 1. The number of amides is 1. The summed E-state index contributed by atoms with van der Waals surface area (Å²) in [4.78, 5) is 14.6. The minimum Gasteiger partial charge on any atom is -0.496 e. The molecule has 1 amide bonds. The van der Waals surface area contributed by atoms with E-state index in [4.69, 9.17) is 16.3 Å². The molecule has 1 aromatic rings. The maximum Gasteiger partial charge on any atom is 0.257 e. The number of hydrogen-bond donors (Lipinski definition) is 1. The lowest BCUT2D eigenvalue weighted by Crippen LogP contribution is -2.47. The summed E-state index contributed by atoms with van der Waals surface area (Å²) in [5.41, 5.74) is 0.217. The van der Waals surface area contributed by atoms with Gasteiger partial charge in [0.15, 0.2) is 0 Å². The molecule has 120 valence electrons. The van der Waals surface area contributed by atoms with Crippen molar-refractivity contribution in [2.75, 3.05) is 26.8 Å². The van der Waals surface area contributed by atoms with Gasteiger partial charge < -0.3 is 14.7 Å². The lowest BCUT2D eigenvalue weighted by atomic mass is 9.77. The molecule has 0 bridgehead atoms. The van der Waals surface area contributed by atoms with Gasteiger partial charge >= 0.3 is 0 Å². The highest BCUT2D eigenvalue weighted by Crippen LogP contribution is 2.35. The van der Waals surface area contributed by atoms with Crippen LogP contribution in [0.5, 0.6) is 5.75 Å². The zero-order chi connectivity index (χ0) is 16.2. The second-order valence-electron chi connectivity index (χ2n) is 5.83. The maximum absolute atomic E-state index is 12.8. The first-order valence-corrected chi connectivity index (χ1v) is 7.77. The summed E-state index contributed by atoms with van der Waals surface area (Å²) in [5, 5.41) is 10.3. The van der Waals surface area contributed by atoms with Crippen LogP contribution in [0.3, 0.4) is 0 Å². The SMILES string of the molecule is C=CCC1(CO)CCCN(C(=O)c2ccc(Cl)cc2OC)C1. The van der Waals surface area contributed by atoms with Crippen LogP contribution in [0, 0.1) is 5.41 Å². The number of carbonyl (C=O) groups excluding carboxylic acids is 1. The first kappa shape index (κ1) is 16.8. The molecular formula is C17H22ClNO3. The van der Waals surface area contributed by atoms with Crippen molar-refractivity contribution < 1.29 is 14.6 Å². The molecule has 22 heavy (non-hydrogen) atoms. The smallest absolute Gasteiger partial charge is 0.257 e. The van der Waals surface area contributed by atoms with Crippen molar-refractivity contribution in [1.29, 1.82) is 0 Å². The molecule has 1 unspecified atom stereocenters. The summed E-state index contributed by atoms with van der Waals surface area (Å²) in [6.07, 6.45) is 4.28. The maximum atomic E-state index is 12.8. The standard InChI is InChI=1S/C17H22ClNO3/c1-3-7-17(12-20)8-4-9-19(11-17)16(21)14-6-5-13(18)10-15(14)22-2/h3,5-6,10,20H,1,4,7-9,11-12H2,2H3. The van der Waals surface area contributed by atoms with Gasteiger partial charge in [0.1, 0.15) is 5.75 Å². The van der Waals surface area contributed by atoms with E-state index in [0.717, 1.165) is 12.8 Å². The van der Waals surface area contributed by atoms with Crippen LogP contribution in [-0.4, -0.2) is 42.7 Å². The Morgan fingerprint density at radius 2 is 2.36 bits per heavy atom. The zero-order valence-electron chi connectivity index (χ0n) is 12.8. The number of hydrogen-bond acceptors (Lipinski definition) is 3. The fourth-order valence-corrected chi connectivity index (χ4v) is 3.22. The summed E-state index contributed by atoms with van der Waals surface area (Å²) in [6, 6.07) is 5.01. The van der Waals surface area contributed by atoms with E-state index in [2.05, 4.69) is 6.58 Å². The Kier molecular flexibility index (Phi) is 5.48. The Balaban J connectivity index is 2.24. The van der Waals surface area contributed by atoms with Crippen molar-refractivity contribution in [3.8, 4) is 5.75 Å². The summed E-state index contributed by atoms with van der Waals surface area (Å²) in [6.45, 7) is 5.03. The number of rotatable bonds is 5. The number of aliphatic hydroxyl groups excluding tert-OH is 1. The van der Waals surface area contributed by atoms with Crippen molar-refractivity contribution >= 4 is 17.5 Å². The zero-order valence-corrected chi connectivity index (χ0v) is 13.6. The molecule has 0 radical (unpaired) electrons. The van der Waals surface area contributed by atoms with Crippen LogP contribution in [-0.2, 0) is 0 Å². The van der Waals surface area contributed by atoms with Gasteiger partial charge in [0, 0.05) is 23.5 Å². The average Bonchev–Trinajstić information content (AvgIpc) is 2.54. The van der Waals surface area contributed by atoms with Gasteiger partial charge in [0.25, 0.3) is 5.91 Å². The topological polar surface area (TPSA) is 49.8 Å². The molecule has 1 aliphatic heterocycles. The molecule has 0 saturated carbocycles. The molecule has 0 aromatic heterocycles. The second-order valence-corrected chi connectivity index (χ2v) is 6.26. The molecule has 4 nitrogen and oxygen atoms in total. The molecule has 0 aliphatic carbocycles. The first-order chi connectivity index (χ1) is 10.5. The third-order valence-corrected chi connectivity index (χ3v) is 4.49. The number of allylic oxidation sites excluding steroid dienone is 1. The summed E-state index contributed by atoms with van der Waals surface area (Å²) in [7, 11) is 1.52. The van der Waals surface area contributed by atoms with E-state index in [-0.39, 0.29) is 17.9 Å². The van der Waals surface area contributed by atoms with Gasteiger partial charge in [0.2, 0.25) is 0 Å². The van der Waals surface area contributed by atoms with Crippen LogP contribution in [0.15, 0.2) is 30.9 Å². The highest BCUT2D eigenvalue weighted by molar-refractivity contribution is 6.30. The largest absolute Gasteiger partial charge is 0.496 e. The Morgan fingerprint density at radius 3 is 3.00 bits per heavy atom. The van der Waals surface area contributed by atoms with Gasteiger partial charge in [-0.15, -0.1) is 6.58 Å². The number of aliphatic hydroxyl groups is 1. The number of ether oxygens (including phenoxy) is 1. The third kappa shape index (κ3) is 3.45. The fourth-order valence-electron chi connectivity index (χ4n) is 3.06. The average molecular weight is 324 g/mol. The number of benzene rings is 1. The van der Waals surface area contributed by atoms with Crippen LogP contribution < -0.4 is 4.74 Å². The fraction of sp³-hybridized carbons (Fsp3) is 0.471. The van der Waals surface area contributed by atoms with E-state index >= 15 is 0 Å². The van der Waals surface area contributed by atoms with E-state index in [1.165, 1.54) is 7.11 Å². The summed E-state index contributed by atoms with van der Waals surface area (Å²) < 4.78 is 5.27. The molecule has 1 heterocycles. The molecule has 2 rings (SSSR count). The molecule has 1 N–H and O–H groups in total. The summed E-state index contributed by atoms with van der Waals surface area (Å²) in [5.74, 6) is 0.386. The highest BCUT2D eigenvalue weighted by atomic mass is 35.5. The quantitative estimate of drug-likeness (QED) is 0.847. The molecule has 1 aromatic carbocycles. The number of nitrogens with zero attached hydrogens (tertiary/aromatic N) is 1. The van der Waals surface area contributed by atoms with E-state index in [9.17, 15) is 9.90 Å². The summed E-state index contributed by atoms with van der Waals surface area (Å²) >= 11 is 5.95. The van der Waals surface area contributed by atoms with Crippen LogP contribution >= 0.6 is 11.6 Å². The Labute approximate surface area is 136 Å². The monoisotopic (exact) mass is 323 g/mol. The highest BCUT2D eigenvalue weighted by Gasteiger charge is 2.36. The Bertz CT molecular complexity index is 561. The lowest BCUT2D eigenvalue weighted by Gasteiger charge is -2.41. The van der Waals surface area contributed by atoms with Crippen molar-refractivity contribution in [3.05, 3.63) is 41.4 Å². The van der Waals surface area contributed by atoms with Gasteiger partial charge in [0.05, 0.1) is 19.3 Å². The van der Waals surface area contributed by atoms with Gasteiger partial charge in [-0.2, -0.15) is 0 Å². The van der Waals surface area contributed by atoms with Gasteiger partial charge in [-0.25, -0.2) is 0 Å².